The first-order chi connectivity index (χ1) is 4.75. The van der Waals surface area contributed by atoms with Crippen LogP contribution in [0.2, 0.25) is 0 Å². The molecule has 0 aliphatic rings. The quantitative estimate of drug-likeness (QED) is 0.594. The van der Waals surface area contributed by atoms with Gasteiger partial charge < -0.3 is 4.74 Å². The van der Waals surface area contributed by atoms with Crippen molar-refractivity contribution >= 4 is 28.6 Å². The van der Waals surface area contributed by atoms with E-state index in [0.717, 1.165) is 0 Å². The highest BCUT2D eigenvalue weighted by Gasteiger charge is 2.10. The topological polar surface area (TPSA) is 55.0 Å². The third-order valence-electron chi connectivity index (χ3n) is 0.998. The molecule has 1 N–H and O–H groups in total. The van der Waals surface area contributed by atoms with Crippen molar-refractivity contribution < 1.29 is 9.53 Å². The smallest absolute Gasteiger partial charge is 0.342 e. The third kappa shape index (κ3) is 1.28. The lowest BCUT2D eigenvalue weighted by molar-refractivity contribution is 0.0599. The molecular weight excluding hydrogens is 247 g/mol. The number of hydrogen-bond donors (Lipinski definition) is 1. The SMILES string of the molecule is COC(=O)c1cn[nH]c1I. The molecule has 0 unspecified atom stereocenters. The van der Waals surface area contributed by atoms with Crippen LogP contribution in [-0.4, -0.2) is 23.3 Å². The second kappa shape index (κ2) is 3.00. The van der Waals surface area contributed by atoms with Gasteiger partial charge in [-0.2, -0.15) is 5.10 Å². The number of carbonyl (C=O) groups excluding carboxylic acids is 1. The molecule has 0 saturated heterocycles. The fraction of sp³-hybridized carbons (Fsp3) is 0.200. The van der Waals surface area contributed by atoms with E-state index in [1.54, 1.807) is 0 Å². The van der Waals surface area contributed by atoms with Gasteiger partial charge in [-0.3, -0.25) is 5.10 Å². The number of nitrogens with zero attached hydrogens (tertiary/aromatic N) is 1. The summed E-state index contributed by atoms with van der Waals surface area (Å²) in [5.74, 6) is -0.363. The number of rotatable bonds is 1. The Kier molecular flexibility index (Phi) is 2.25. The van der Waals surface area contributed by atoms with Crippen molar-refractivity contribution in [2.45, 2.75) is 0 Å². The van der Waals surface area contributed by atoms with Crippen LogP contribution >= 0.6 is 22.6 Å². The highest BCUT2D eigenvalue weighted by Crippen LogP contribution is 2.07. The molecule has 0 fully saturated rings. The van der Waals surface area contributed by atoms with Gasteiger partial charge in [-0.1, -0.05) is 0 Å². The number of H-pyrrole nitrogens is 1. The van der Waals surface area contributed by atoms with Gasteiger partial charge in [-0.25, -0.2) is 4.79 Å². The number of hydrogen-bond acceptors (Lipinski definition) is 3. The zero-order valence-corrected chi connectivity index (χ0v) is 7.38. The standard InChI is InChI=1S/C5H5IN2O2/c1-10-5(9)3-2-7-8-4(3)6/h2H,1H3,(H,7,8). The number of nitrogens with one attached hydrogen (secondary N) is 1. The van der Waals surface area contributed by atoms with Crippen molar-refractivity contribution in [3.8, 4) is 0 Å². The van der Waals surface area contributed by atoms with E-state index >= 15 is 0 Å². The first-order valence-corrected chi connectivity index (χ1v) is 3.60. The van der Waals surface area contributed by atoms with Crippen LogP contribution in [0.5, 0.6) is 0 Å². The van der Waals surface area contributed by atoms with Crippen LogP contribution in [0.3, 0.4) is 0 Å². The van der Waals surface area contributed by atoms with Crippen molar-refractivity contribution in [2.24, 2.45) is 0 Å². The Morgan fingerprint density at radius 1 is 1.90 bits per heavy atom. The minimum atomic E-state index is -0.363. The van der Waals surface area contributed by atoms with E-state index < -0.39 is 0 Å². The predicted molar refractivity (Wildman–Crippen MR) is 42.6 cm³/mol. The van der Waals surface area contributed by atoms with Crippen molar-refractivity contribution in [3.05, 3.63) is 15.5 Å². The monoisotopic (exact) mass is 252 g/mol. The van der Waals surface area contributed by atoms with Crippen LogP contribution in [-0.2, 0) is 4.74 Å². The maximum Gasteiger partial charge on any atom is 0.342 e. The van der Waals surface area contributed by atoms with Gasteiger partial charge in [0.15, 0.2) is 0 Å². The van der Waals surface area contributed by atoms with E-state index in [-0.39, 0.29) is 5.97 Å². The summed E-state index contributed by atoms with van der Waals surface area (Å²) in [4.78, 5) is 10.8. The molecule has 0 radical (unpaired) electrons. The van der Waals surface area contributed by atoms with Gasteiger partial charge in [0, 0.05) is 0 Å². The zero-order chi connectivity index (χ0) is 7.56. The van der Waals surface area contributed by atoms with Gasteiger partial charge >= 0.3 is 5.97 Å². The van der Waals surface area contributed by atoms with Crippen LogP contribution in [0.1, 0.15) is 10.4 Å². The lowest BCUT2D eigenvalue weighted by Gasteiger charge is -1.92. The Bertz CT molecular complexity index is 246. The Morgan fingerprint density at radius 3 is 3.00 bits per heavy atom. The lowest BCUT2D eigenvalue weighted by atomic mass is 10.4. The summed E-state index contributed by atoms with van der Waals surface area (Å²) in [6, 6.07) is 0. The number of carbonyl (C=O) groups is 1. The predicted octanol–water partition coefficient (Wildman–Crippen LogP) is 0.801. The van der Waals surface area contributed by atoms with Gasteiger partial charge in [0.1, 0.15) is 9.26 Å². The molecule has 1 aromatic heterocycles. The Labute approximate surface area is 71.1 Å². The Balaban J connectivity index is 2.93. The number of ether oxygens (including phenoxy) is 1. The number of halogens is 1. The highest BCUT2D eigenvalue weighted by atomic mass is 127. The second-order valence-corrected chi connectivity index (χ2v) is 2.67. The van der Waals surface area contributed by atoms with E-state index in [4.69, 9.17) is 0 Å². The van der Waals surface area contributed by atoms with E-state index in [0.29, 0.717) is 9.26 Å². The summed E-state index contributed by atoms with van der Waals surface area (Å²) in [5, 5.41) is 6.28. The molecule has 1 heterocycles. The highest BCUT2D eigenvalue weighted by molar-refractivity contribution is 14.1. The van der Waals surface area contributed by atoms with Gasteiger partial charge in [0.2, 0.25) is 0 Å². The Hall–Kier alpha value is -0.590. The molecule has 1 aromatic rings. The fourth-order valence-electron chi connectivity index (χ4n) is 0.523. The van der Waals surface area contributed by atoms with Gasteiger partial charge in [0.25, 0.3) is 0 Å². The number of methoxy groups -OCH3 is 1. The molecule has 0 aliphatic carbocycles. The summed E-state index contributed by atoms with van der Waals surface area (Å²) in [5.41, 5.74) is 0.475. The van der Waals surface area contributed by atoms with Crippen molar-refractivity contribution in [2.75, 3.05) is 7.11 Å². The van der Waals surface area contributed by atoms with Crippen LogP contribution < -0.4 is 0 Å². The largest absolute Gasteiger partial charge is 0.465 e. The van der Waals surface area contributed by atoms with Gasteiger partial charge in [0.05, 0.1) is 13.3 Å². The molecule has 10 heavy (non-hydrogen) atoms. The molecule has 0 spiro atoms. The lowest BCUT2D eigenvalue weighted by Crippen LogP contribution is -2.00. The molecule has 0 saturated carbocycles. The van der Waals surface area contributed by atoms with Crippen molar-refractivity contribution in [1.29, 1.82) is 0 Å². The minimum absolute atomic E-state index is 0.363. The second-order valence-electron chi connectivity index (χ2n) is 1.59. The number of aromatic amines is 1. The van der Waals surface area contributed by atoms with E-state index in [1.807, 2.05) is 22.6 Å². The van der Waals surface area contributed by atoms with Crippen molar-refractivity contribution in [3.63, 3.8) is 0 Å². The molecule has 1 rings (SSSR count). The van der Waals surface area contributed by atoms with E-state index in [9.17, 15) is 4.79 Å². The molecular formula is C5H5IN2O2. The summed E-state index contributed by atoms with van der Waals surface area (Å²) in [6.45, 7) is 0. The fourth-order valence-corrected chi connectivity index (χ4v) is 1.02. The third-order valence-corrected chi connectivity index (χ3v) is 1.82. The summed E-state index contributed by atoms with van der Waals surface area (Å²) in [6.07, 6.45) is 1.44. The molecule has 4 nitrogen and oxygen atoms in total. The molecule has 0 amide bonds. The average molecular weight is 252 g/mol. The van der Waals surface area contributed by atoms with E-state index in [1.165, 1.54) is 13.3 Å². The molecule has 0 atom stereocenters. The first kappa shape index (κ1) is 7.52. The Morgan fingerprint density at radius 2 is 2.60 bits per heavy atom. The van der Waals surface area contributed by atoms with Crippen LogP contribution in [0.4, 0.5) is 0 Å². The van der Waals surface area contributed by atoms with Gasteiger partial charge in [-0.05, 0) is 22.6 Å². The van der Waals surface area contributed by atoms with Crippen LogP contribution in [0.15, 0.2) is 6.20 Å². The first-order valence-electron chi connectivity index (χ1n) is 2.53. The molecule has 0 bridgehead atoms. The average Bonchev–Trinajstić information content (AvgIpc) is 2.34. The minimum Gasteiger partial charge on any atom is -0.465 e. The summed E-state index contributed by atoms with van der Waals surface area (Å²) in [7, 11) is 1.34. The van der Waals surface area contributed by atoms with Crippen molar-refractivity contribution in [1.82, 2.24) is 10.2 Å². The normalized spacial score (nSPS) is 9.40. The van der Waals surface area contributed by atoms with E-state index in [2.05, 4.69) is 14.9 Å². The zero-order valence-electron chi connectivity index (χ0n) is 5.22. The molecule has 0 aliphatic heterocycles. The molecule has 0 aromatic carbocycles. The summed E-state index contributed by atoms with van der Waals surface area (Å²) < 4.78 is 5.17. The maximum atomic E-state index is 10.8. The van der Waals surface area contributed by atoms with Crippen LogP contribution in [0, 0.1) is 3.70 Å². The van der Waals surface area contributed by atoms with Crippen LogP contribution in [0.25, 0.3) is 0 Å². The molecule has 5 heteroatoms. The molecule has 54 valence electrons. The maximum absolute atomic E-state index is 10.8. The number of esters is 1. The van der Waals surface area contributed by atoms with Gasteiger partial charge in [-0.15, -0.1) is 0 Å². The summed E-state index contributed by atoms with van der Waals surface area (Å²) >= 11 is 1.98. The number of aromatic nitrogens is 2.